The first-order valence-electron chi connectivity index (χ1n) is 14.8. The van der Waals surface area contributed by atoms with E-state index >= 15 is 0 Å². The van der Waals surface area contributed by atoms with Gasteiger partial charge in [0.05, 0.1) is 11.5 Å². The maximum absolute atomic E-state index is 13.4. The maximum atomic E-state index is 13.4. The molecule has 2 unspecified atom stereocenters. The zero-order valence-electron chi connectivity index (χ0n) is 25.4. The predicted molar refractivity (Wildman–Crippen MR) is 168 cm³/mol. The Morgan fingerprint density at radius 1 is 0.978 bits per heavy atom. The van der Waals surface area contributed by atoms with E-state index in [0.29, 0.717) is 30.5 Å². The molecule has 0 heterocycles. The van der Waals surface area contributed by atoms with Crippen molar-refractivity contribution in [3.63, 3.8) is 0 Å². The zero-order valence-corrected chi connectivity index (χ0v) is 26.2. The van der Waals surface area contributed by atoms with Gasteiger partial charge < -0.3 is 21.5 Å². The third kappa shape index (κ3) is 11.0. The van der Waals surface area contributed by atoms with Gasteiger partial charge in [-0.25, -0.2) is 8.42 Å². The lowest BCUT2D eigenvalue weighted by atomic mass is 10.0. The summed E-state index contributed by atoms with van der Waals surface area (Å²) in [5, 5.41) is 16.9. The maximum Gasteiger partial charge on any atom is 0.397 e. The number of anilines is 1. The number of nitrogens with one attached hydrogen (secondary N) is 2. The van der Waals surface area contributed by atoms with Crippen molar-refractivity contribution in [1.82, 2.24) is 14.9 Å². The number of alkyl halides is 3. The number of benzene rings is 3. The molecular formula is C32H41F3N4O5S. The summed E-state index contributed by atoms with van der Waals surface area (Å²) in [5.41, 5.74) is 6.80. The number of halogens is 3. The van der Waals surface area contributed by atoms with Gasteiger partial charge in [0.15, 0.2) is 0 Å². The number of rotatable bonds is 16. The van der Waals surface area contributed by atoms with Gasteiger partial charge in [-0.05, 0) is 59.4 Å². The van der Waals surface area contributed by atoms with Gasteiger partial charge in [-0.2, -0.15) is 17.5 Å². The lowest BCUT2D eigenvalue weighted by Gasteiger charge is -2.31. The van der Waals surface area contributed by atoms with Crippen molar-refractivity contribution >= 4 is 38.3 Å². The standard InChI is InChI=1S/C32H41F3N4O5S/c1-22(2)20-39(45(43,44)28-14-12-26(36)13-15-28)27(21-40)9-5-6-16-37-31(42)29(38-30(41)19-32(33,34)35)18-23-10-11-24-7-3-4-8-25(24)17-23/h3-4,7-8,10-15,17,22,27,29,40H,5-6,9,16,18-21,36H2,1-2H3,(H,37,42)(H,38,41). The molecule has 0 saturated carbocycles. The Bertz CT molecular complexity index is 1530. The molecule has 13 heteroatoms. The lowest BCUT2D eigenvalue weighted by molar-refractivity contribution is -0.155. The normalized spacial score (nSPS) is 13.6. The van der Waals surface area contributed by atoms with E-state index in [1.165, 1.54) is 28.6 Å². The molecule has 9 nitrogen and oxygen atoms in total. The van der Waals surface area contributed by atoms with Crippen molar-refractivity contribution in [3.05, 3.63) is 72.3 Å². The summed E-state index contributed by atoms with van der Waals surface area (Å²) in [6.45, 7) is 3.65. The number of hydrogen-bond acceptors (Lipinski definition) is 6. The molecule has 0 saturated heterocycles. The Morgan fingerprint density at radius 2 is 1.64 bits per heavy atom. The molecular weight excluding hydrogens is 609 g/mol. The number of sulfonamides is 1. The van der Waals surface area contributed by atoms with Crippen LogP contribution in [0.2, 0.25) is 0 Å². The van der Waals surface area contributed by atoms with E-state index in [1.54, 1.807) is 6.07 Å². The molecule has 2 atom stereocenters. The van der Waals surface area contributed by atoms with Gasteiger partial charge in [0.1, 0.15) is 12.5 Å². The average molecular weight is 651 g/mol. The van der Waals surface area contributed by atoms with Gasteiger partial charge in [-0.15, -0.1) is 0 Å². The Balaban J connectivity index is 1.63. The van der Waals surface area contributed by atoms with Crippen molar-refractivity contribution < 1.29 is 36.3 Å². The molecule has 3 rings (SSSR count). The summed E-state index contributed by atoms with van der Waals surface area (Å²) in [6.07, 6.45) is -5.30. The Kier molecular flexibility index (Phi) is 12.8. The smallest absolute Gasteiger partial charge is 0.397 e. The summed E-state index contributed by atoms with van der Waals surface area (Å²) < 4.78 is 66.7. The molecule has 45 heavy (non-hydrogen) atoms. The van der Waals surface area contributed by atoms with Crippen LogP contribution in [0, 0.1) is 5.92 Å². The molecule has 0 aliphatic carbocycles. The van der Waals surface area contributed by atoms with Crippen molar-refractivity contribution in [2.24, 2.45) is 5.92 Å². The summed E-state index contributed by atoms with van der Waals surface area (Å²) in [7, 11) is -3.93. The summed E-state index contributed by atoms with van der Waals surface area (Å²) in [4.78, 5) is 25.2. The van der Waals surface area contributed by atoms with Crippen LogP contribution in [0.25, 0.3) is 10.8 Å². The molecule has 0 bridgehead atoms. The molecule has 0 fully saturated rings. The fourth-order valence-electron chi connectivity index (χ4n) is 4.98. The van der Waals surface area contributed by atoms with E-state index in [9.17, 15) is 36.3 Å². The van der Waals surface area contributed by atoms with E-state index in [4.69, 9.17) is 5.73 Å². The summed E-state index contributed by atoms with van der Waals surface area (Å²) in [5.74, 6) is -1.96. The number of carbonyl (C=O) groups is 2. The highest BCUT2D eigenvalue weighted by Crippen LogP contribution is 2.24. The number of nitrogens with zero attached hydrogens (tertiary/aromatic N) is 1. The number of nitrogens with two attached hydrogens (primary N) is 1. The van der Waals surface area contributed by atoms with E-state index in [2.05, 4.69) is 10.6 Å². The molecule has 5 N–H and O–H groups in total. The van der Waals surface area contributed by atoms with E-state index < -0.39 is 53.1 Å². The second-order valence-corrected chi connectivity index (χ2v) is 13.3. The van der Waals surface area contributed by atoms with Crippen LogP contribution < -0.4 is 16.4 Å². The van der Waals surface area contributed by atoms with Crippen LogP contribution in [-0.2, 0) is 26.0 Å². The van der Waals surface area contributed by atoms with Crippen molar-refractivity contribution in [3.8, 4) is 0 Å². The van der Waals surface area contributed by atoms with Crippen LogP contribution >= 0.6 is 0 Å². The third-order valence-corrected chi connectivity index (χ3v) is 9.11. The predicted octanol–water partition coefficient (Wildman–Crippen LogP) is 4.40. The number of aliphatic hydroxyl groups is 1. The fraction of sp³-hybridized carbons (Fsp3) is 0.438. The molecule has 0 radical (unpaired) electrons. The molecule has 3 aromatic rings. The molecule has 0 aromatic heterocycles. The van der Waals surface area contributed by atoms with Gasteiger partial charge in [0, 0.05) is 31.2 Å². The largest absolute Gasteiger partial charge is 0.399 e. The number of fused-ring (bicyclic) bond motifs is 1. The second-order valence-electron chi connectivity index (χ2n) is 11.5. The first-order chi connectivity index (χ1) is 21.2. The lowest BCUT2D eigenvalue weighted by Crippen LogP contribution is -2.49. The van der Waals surface area contributed by atoms with Crippen LogP contribution in [0.15, 0.2) is 71.6 Å². The van der Waals surface area contributed by atoms with Crippen molar-refractivity contribution in [2.75, 3.05) is 25.4 Å². The molecule has 246 valence electrons. The van der Waals surface area contributed by atoms with Gasteiger partial charge in [-0.3, -0.25) is 9.59 Å². The zero-order chi connectivity index (χ0) is 33.2. The topological polar surface area (TPSA) is 142 Å². The molecule has 0 spiro atoms. The SMILES string of the molecule is CC(C)CN(C(CO)CCCCNC(=O)C(Cc1ccc2ccccc2c1)NC(=O)CC(F)(F)F)S(=O)(=O)c1ccc(N)cc1. The second kappa shape index (κ2) is 16.1. The number of nitrogen functional groups attached to an aromatic ring is 1. The van der Waals surface area contributed by atoms with Gasteiger partial charge >= 0.3 is 6.18 Å². The van der Waals surface area contributed by atoms with Crippen molar-refractivity contribution in [2.45, 2.75) is 69.1 Å². The first kappa shape index (κ1) is 35.8. The van der Waals surface area contributed by atoms with Gasteiger partial charge in [0.2, 0.25) is 21.8 Å². The minimum absolute atomic E-state index is 0.0139. The van der Waals surface area contributed by atoms with Crippen LogP contribution in [0.1, 0.15) is 45.1 Å². The molecule has 3 aromatic carbocycles. The van der Waals surface area contributed by atoms with E-state index in [0.717, 1.165) is 10.8 Å². The average Bonchev–Trinajstić information content (AvgIpc) is 2.96. The third-order valence-electron chi connectivity index (χ3n) is 7.18. The summed E-state index contributed by atoms with van der Waals surface area (Å²) in [6, 6.07) is 16.8. The Hall–Kier alpha value is -3.68. The molecule has 2 amide bonds. The van der Waals surface area contributed by atoms with E-state index in [-0.39, 0.29) is 30.3 Å². The van der Waals surface area contributed by atoms with Crippen LogP contribution in [0.5, 0.6) is 0 Å². The van der Waals surface area contributed by atoms with Crippen LogP contribution in [-0.4, -0.2) is 67.6 Å². The van der Waals surface area contributed by atoms with Gasteiger partial charge in [-0.1, -0.05) is 62.7 Å². The molecule has 0 aliphatic rings. The first-order valence-corrected chi connectivity index (χ1v) is 16.2. The number of carbonyl (C=O) groups excluding carboxylic acids is 2. The quantitative estimate of drug-likeness (QED) is 0.134. The van der Waals surface area contributed by atoms with Crippen LogP contribution in [0.3, 0.4) is 0 Å². The minimum atomic E-state index is -4.72. The van der Waals surface area contributed by atoms with Crippen molar-refractivity contribution in [1.29, 1.82) is 0 Å². The number of hydrogen-bond donors (Lipinski definition) is 4. The number of amides is 2. The Morgan fingerprint density at radius 3 is 2.27 bits per heavy atom. The number of unbranched alkanes of at least 4 members (excludes halogenated alkanes) is 1. The number of aliphatic hydroxyl groups excluding tert-OH is 1. The highest BCUT2D eigenvalue weighted by Gasteiger charge is 2.34. The summed E-state index contributed by atoms with van der Waals surface area (Å²) >= 11 is 0. The highest BCUT2D eigenvalue weighted by atomic mass is 32.2. The minimum Gasteiger partial charge on any atom is -0.399 e. The monoisotopic (exact) mass is 650 g/mol. The van der Waals surface area contributed by atoms with Gasteiger partial charge in [0.25, 0.3) is 0 Å². The highest BCUT2D eigenvalue weighted by molar-refractivity contribution is 7.89. The van der Waals surface area contributed by atoms with E-state index in [1.807, 2.05) is 50.2 Å². The van der Waals surface area contributed by atoms with Crippen LogP contribution in [0.4, 0.5) is 18.9 Å². The molecule has 0 aliphatic heterocycles. The Labute approximate surface area is 262 Å². The fourth-order valence-corrected chi connectivity index (χ4v) is 6.79.